The van der Waals surface area contributed by atoms with Crippen LogP contribution in [0.1, 0.15) is 0 Å². The molecule has 1 fully saturated rings. The SMILES string of the molecule is O=C(CS(=O)c1ccc2oc3ccccc3c2c1)N1CCN(CCO)CC1. The number of para-hydroxylation sites is 1. The molecule has 142 valence electrons. The number of aliphatic hydroxyl groups excluding tert-OH is 1. The number of carbonyl (C=O) groups excluding carboxylic acids is 1. The average molecular weight is 386 g/mol. The van der Waals surface area contributed by atoms with Crippen LogP contribution < -0.4 is 0 Å². The summed E-state index contributed by atoms with van der Waals surface area (Å²) in [5, 5.41) is 10.9. The largest absolute Gasteiger partial charge is 0.456 e. The lowest BCUT2D eigenvalue weighted by atomic mass is 10.1. The van der Waals surface area contributed by atoms with E-state index in [1.165, 1.54) is 0 Å². The molecule has 1 N–H and O–H groups in total. The number of benzene rings is 2. The Morgan fingerprint density at radius 1 is 1.04 bits per heavy atom. The Labute approximate surface area is 159 Å². The Hall–Kier alpha value is -2.22. The summed E-state index contributed by atoms with van der Waals surface area (Å²) in [5.74, 6) is -0.101. The van der Waals surface area contributed by atoms with Gasteiger partial charge in [-0.3, -0.25) is 13.9 Å². The Morgan fingerprint density at radius 2 is 1.78 bits per heavy atom. The molecule has 2 aromatic carbocycles. The molecule has 0 bridgehead atoms. The van der Waals surface area contributed by atoms with Crippen molar-refractivity contribution in [3.8, 4) is 0 Å². The third kappa shape index (κ3) is 3.76. The van der Waals surface area contributed by atoms with Crippen LogP contribution in [0.2, 0.25) is 0 Å². The molecule has 27 heavy (non-hydrogen) atoms. The second-order valence-electron chi connectivity index (χ2n) is 6.69. The minimum Gasteiger partial charge on any atom is -0.456 e. The first-order valence-corrected chi connectivity index (χ1v) is 10.4. The van der Waals surface area contributed by atoms with Crippen molar-refractivity contribution < 1.29 is 18.5 Å². The van der Waals surface area contributed by atoms with Gasteiger partial charge < -0.3 is 14.4 Å². The smallest absolute Gasteiger partial charge is 0.235 e. The second kappa shape index (κ2) is 7.80. The first-order chi connectivity index (χ1) is 13.2. The second-order valence-corrected chi connectivity index (χ2v) is 8.14. The number of furan rings is 1. The molecule has 6 nitrogen and oxygen atoms in total. The first kappa shape index (κ1) is 18.2. The van der Waals surface area contributed by atoms with Crippen LogP contribution in [-0.2, 0) is 15.6 Å². The molecular weight excluding hydrogens is 364 g/mol. The number of amides is 1. The van der Waals surface area contributed by atoms with Gasteiger partial charge in [0.25, 0.3) is 0 Å². The third-order valence-corrected chi connectivity index (χ3v) is 6.30. The van der Waals surface area contributed by atoms with Crippen LogP contribution in [0, 0.1) is 0 Å². The van der Waals surface area contributed by atoms with Gasteiger partial charge in [0.2, 0.25) is 5.91 Å². The highest BCUT2D eigenvalue weighted by Crippen LogP contribution is 2.30. The van der Waals surface area contributed by atoms with Gasteiger partial charge in [0, 0.05) is 48.4 Å². The van der Waals surface area contributed by atoms with Crippen molar-refractivity contribution in [2.45, 2.75) is 4.90 Å². The molecule has 1 aliphatic rings. The molecule has 1 atom stereocenters. The Balaban J connectivity index is 1.46. The number of nitrogens with zero attached hydrogens (tertiary/aromatic N) is 2. The molecular formula is C20H22N2O4S. The molecule has 0 aliphatic carbocycles. The minimum absolute atomic E-state index is 0.0126. The zero-order chi connectivity index (χ0) is 18.8. The van der Waals surface area contributed by atoms with E-state index in [0.717, 1.165) is 35.0 Å². The zero-order valence-electron chi connectivity index (χ0n) is 15.0. The van der Waals surface area contributed by atoms with Crippen LogP contribution in [0.5, 0.6) is 0 Å². The summed E-state index contributed by atoms with van der Waals surface area (Å²) in [6.45, 7) is 3.47. The van der Waals surface area contributed by atoms with E-state index in [4.69, 9.17) is 9.52 Å². The summed E-state index contributed by atoms with van der Waals surface area (Å²) < 4.78 is 18.6. The Bertz CT molecular complexity index is 992. The molecule has 7 heteroatoms. The van der Waals surface area contributed by atoms with Crippen LogP contribution in [0.4, 0.5) is 0 Å². The number of hydrogen-bond donors (Lipinski definition) is 1. The fourth-order valence-corrected chi connectivity index (χ4v) is 4.54. The summed E-state index contributed by atoms with van der Waals surface area (Å²) in [6.07, 6.45) is 0. The molecule has 1 amide bonds. The summed E-state index contributed by atoms with van der Waals surface area (Å²) in [7, 11) is -1.40. The van der Waals surface area contributed by atoms with E-state index < -0.39 is 10.8 Å². The monoisotopic (exact) mass is 386 g/mol. The summed E-state index contributed by atoms with van der Waals surface area (Å²) >= 11 is 0. The van der Waals surface area contributed by atoms with Crippen molar-refractivity contribution in [1.29, 1.82) is 0 Å². The lowest BCUT2D eigenvalue weighted by Gasteiger charge is -2.34. The molecule has 1 aliphatic heterocycles. The quantitative estimate of drug-likeness (QED) is 0.724. The van der Waals surface area contributed by atoms with Gasteiger partial charge in [0.05, 0.1) is 17.4 Å². The van der Waals surface area contributed by atoms with Gasteiger partial charge in [0.15, 0.2) is 0 Å². The third-order valence-electron chi connectivity index (χ3n) is 5.01. The number of hydrogen-bond acceptors (Lipinski definition) is 5. The van der Waals surface area contributed by atoms with Gasteiger partial charge in [-0.25, -0.2) is 0 Å². The van der Waals surface area contributed by atoms with E-state index in [1.54, 1.807) is 11.0 Å². The highest BCUT2D eigenvalue weighted by Gasteiger charge is 2.22. The standard InChI is InChI=1S/C20H22N2O4S/c23-12-11-21-7-9-22(10-8-21)20(24)14-27(25)15-5-6-19-17(13-15)16-3-1-2-4-18(16)26-19/h1-6,13,23H,7-12,14H2. The van der Waals surface area contributed by atoms with E-state index in [-0.39, 0.29) is 18.3 Å². The molecule has 0 saturated carbocycles. The summed E-state index contributed by atoms with van der Waals surface area (Å²) in [6, 6.07) is 13.2. The zero-order valence-corrected chi connectivity index (χ0v) is 15.8. The molecule has 2 heterocycles. The fourth-order valence-electron chi connectivity index (χ4n) is 3.50. The normalized spacial score (nSPS) is 16.9. The first-order valence-electron chi connectivity index (χ1n) is 9.06. The number of carbonyl (C=O) groups is 1. The molecule has 0 radical (unpaired) electrons. The van der Waals surface area contributed by atoms with Crippen LogP contribution in [-0.4, -0.2) is 70.1 Å². The fraction of sp³-hybridized carbons (Fsp3) is 0.350. The summed E-state index contributed by atoms with van der Waals surface area (Å²) in [4.78, 5) is 17.0. The van der Waals surface area contributed by atoms with Crippen LogP contribution in [0.25, 0.3) is 21.9 Å². The average Bonchev–Trinajstić information content (AvgIpc) is 3.06. The maximum absolute atomic E-state index is 12.8. The van der Waals surface area contributed by atoms with Crippen LogP contribution in [0.15, 0.2) is 51.8 Å². The summed E-state index contributed by atoms with van der Waals surface area (Å²) in [5.41, 5.74) is 1.55. The van der Waals surface area contributed by atoms with E-state index in [1.807, 2.05) is 36.4 Å². The maximum atomic E-state index is 12.8. The van der Waals surface area contributed by atoms with Crippen molar-refractivity contribution in [3.63, 3.8) is 0 Å². The molecule has 1 unspecified atom stereocenters. The van der Waals surface area contributed by atoms with Crippen LogP contribution in [0.3, 0.4) is 0 Å². The van der Waals surface area contributed by atoms with Gasteiger partial charge in [-0.2, -0.15) is 0 Å². The topological polar surface area (TPSA) is 74.0 Å². The predicted octanol–water partition coefficient (Wildman–Crippen LogP) is 1.83. The number of β-amino-alcohol motifs (C(OH)–C–C–N with tert-alkyl or cyclic N) is 1. The number of aliphatic hydroxyl groups is 1. The Morgan fingerprint density at radius 3 is 2.56 bits per heavy atom. The van der Waals surface area contributed by atoms with Gasteiger partial charge in [-0.15, -0.1) is 0 Å². The van der Waals surface area contributed by atoms with Crippen molar-refractivity contribution >= 4 is 38.6 Å². The van der Waals surface area contributed by atoms with Gasteiger partial charge in [0.1, 0.15) is 16.9 Å². The van der Waals surface area contributed by atoms with E-state index in [9.17, 15) is 9.00 Å². The lowest BCUT2D eigenvalue weighted by molar-refractivity contribution is -0.130. The predicted molar refractivity (Wildman–Crippen MR) is 105 cm³/mol. The minimum atomic E-state index is -1.40. The highest BCUT2D eigenvalue weighted by atomic mass is 32.2. The molecule has 0 spiro atoms. The lowest BCUT2D eigenvalue weighted by Crippen LogP contribution is -2.50. The molecule has 4 rings (SSSR count). The number of rotatable bonds is 5. The molecule has 3 aromatic rings. The number of fused-ring (bicyclic) bond motifs is 3. The van der Waals surface area contributed by atoms with E-state index in [0.29, 0.717) is 24.5 Å². The van der Waals surface area contributed by atoms with Crippen molar-refractivity contribution in [3.05, 3.63) is 42.5 Å². The van der Waals surface area contributed by atoms with Crippen molar-refractivity contribution in [2.75, 3.05) is 45.1 Å². The van der Waals surface area contributed by atoms with E-state index in [2.05, 4.69) is 4.90 Å². The van der Waals surface area contributed by atoms with Crippen molar-refractivity contribution in [1.82, 2.24) is 9.80 Å². The Kier molecular flexibility index (Phi) is 5.24. The van der Waals surface area contributed by atoms with Crippen LogP contribution >= 0.6 is 0 Å². The number of piperazine rings is 1. The van der Waals surface area contributed by atoms with Gasteiger partial charge in [-0.05, 0) is 24.3 Å². The highest BCUT2D eigenvalue weighted by molar-refractivity contribution is 7.85. The van der Waals surface area contributed by atoms with E-state index >= 15 is 0 Å². The maximum Gasteiger partial charge on any atom is 0.235 e. The molecule has 1 aromatic heterocycles. The van der Waals surface area contributed by atoms with Gasteiger partial charge >= 0.3 is 0 Å². The van der Waals surface area contributed by atoms with Crippen molar-refractivity contribution in [2.24, 2.45) is 0 Å². The molecule has 1 saturated heterocycles. The van der Waals surface area contributed by atoms with Gasteiger partial charge in [-0.1, -0.05) is 18.2 Å².